The Morgan fingerprint density at radius 3 is 2.73 bits per heavy atom. The molecular weight excluding hydrogens is 364 g/mol. The number of ether oxygens (including phenoxy) is 1. The number of benzene rings is 2. The van der Waals surface area contributed by atoms with Crippen molar-refractivity contribution >= 4 is 35.1 Å². The number of halogens is 2. The molecule has 0 unspecified atom stereocenters. The number of rotatable bonds is 5. The van der Waals surface area contributed by atoms with Gasteiger partial charge in [-0.3, -0.25) is 14.4 Å². The number of anilines is 1. The van der Waals surface area contributed by atoms with E-state index in [4.69, 9.17) is 4.74 Å². The van der Waals surface area contributed by atoms with Crippen molar-refractivity contribution in [2.45, 2.75) is 16.6 Å². The summed E-state index contributed by atoms with van der Waals surface area (Å²) in [6.45, 7) is -0.727. The Kier molecular flexibility index (Phi) is 5.32. The maximum Gasteiger partial charge on any atom is 0.307 e. The molecule has 0 spiro atoms. The summed E-state index contributed by atoms with van der Waals surface area (Å²) in [5.74, 6) is -3.64. The van der Waals surface area contributed by atoms with E-state index >= 15 is 0 Å². The van der Waals surface area contributed by atoms with Crippen LogP contribution in [0.15, 0.2) is 47.4 Å². The van der Waals surface area contributed by atoms with Crippen molar-refractivity contribution in [1.82, 2.24) is 0 Å². The average Bonchev–Trinajstić information content (AvgIpc) is 2.62. The van der Waals surface area contributed by atoms with Crippen molar-refractivity contribution in [2.75, 3.05) is 11.9 Å². The summed E-state index contributed by atoms with van der Waals surface area (Å²) in [5, 5.41) is 2.00. The lowest BCUT2D eigenvalue weighted by atomic mass is 10.1. The first-order valence-electron chi connectivity index (χ1n) is 7.64. The van der Waals surface area contributed by atoms with Gasteiger partial charge in [0.2, 0.25) is 11.7 Å². The van der Waals surface area contributed by atoms with Crippen molar-refractivity contribution < 1.29 is 27.9 Å². The van der Waals surface area contributed by atoms with E-state index in [-0.39, 0.29) is 12.3 Å². The van der Waals surface area contributed by atoms with Crippen molar-refractivity contribution in [3.8, 4) is 0 Å². The Balaban J connectivity index is 1.57. The first kappa shape index (κ1) is 18.1. The Morgan fingerprint density at radius 1 is 1.15 bits per heavy atom. The normalized spacial score (nSPS) is 15.8. The van der Waals surface area contributed by atoms with Gasteiger partial charge in [-0.05, 0) is 30.3 Å². The molecule has 2 aromatic rings. The third-order valence-corrected chi connectivity index (χ3v) is 4.93. The number of carbonyl (C=O) groups excluding carboxylic acids is 3. The number of nitrogens with one attached hydrogen (secondary N) is 1. The molecule has 134 valence electrons. The quantitative estimate of drug-likeness (QED) is 0.640. The van der Waals surface area contributed by atoms with Gasteiger partial charge in [-0.1, -0.05) is 12.1 Å². The minimum Gasteiger partial charge on any atom is -0.457 e. The molecule has 2 aromatic carbocycles. The zero-order valence-corrected chi connectivity index (χ0v) is 14.1. The fourth-order valence-corrected chi connectivity index (χ4v) is 3.47. The van der Waals surface area contributed by atoms with Crippen LogP contribution in [-0.4, -0.2) is 29.5 Å². The largest absolute Gasteiger partial charge is 0.457 e. The van der Waals surface area contributed by atoms with Crippen LogP contribution in [0.3, 0.4) is 0 Å². The van der Waals surface area contributed by atoms with Gasteiger partial charge in [-0.25, -0.2) is 8.78 Å². The van der Waals surface area contributed by atoms with Gasteiger partial charge in [0.05, 0.1) is 22.9 Å². The monoisotopic (exact) mass is 377 g/mol. The van der Waals surface area contributed by atoms with E-state index in [1.54, 1.807) is 12.1 Å². The number of para-hydroxylation sites is 1. The average molecular weight is 377 g/mol. The molecule has 1 aliphatic rings. The number of hydrogen-bond donors (Lipinski definition) is 1. The van der Waals surface area contributed by atoms with Crippen molar-refractivity contribution in [3.05, 3.63) is 59.7 Å². The molecule has 5 nitrogen and oxygen atoms in total. The minimum atomic E-state index is -0.897. The first-order chi connectivity index (χ1) is 12.4. The van der Waals surface area contributed by atoms with E-state index in [1.807, 2.05) is 12.1 Å². The molecule has 0 aromatic heterocycles. The predicted octanol–water partition coefficient (Wildman–Crippen LogP) is 3.19. The number of esters is 1. The van der Waals surface area contributed by atoms with Crippen LogP contribution in [-0.2, 0) is 14.3 Å². The zero-order valence-electron chi connectivity index (χ0n) is 13.3. The molecule has 0 saturated heterocycles. The summed E-state index contributed by atoms with van der Waals surface area (Å²) >= 11 is 1.22. The lowest BCUT2D eigenvalue weighted by molar-refractivity contribution is -0.143. The van der Waals surface area contributed by atoms with E-state index in [2.05, 4.69) is 5.32 Å². The number of amides is 1. The molecule has 0 fully saturated rings. The van der Waals surface area contributed by atoms with E-state index in [1.165, 1.54) is 11.8 Å². The molecule has 26 heavy (non-hydrogen) atoms. The highest BCUT2D eigenvalue weighted by atomic mass is 32.2. The van der Waals surface area contributed by atoms with Gasteiger partial charge in [0.1, 0.15) is 11.6 Å². The molecule has 8 heteroatoms. The molecule has 1 N–H and O–H groups in total. The molecule has 3 rings (SSSR count). The Hall–Kier alpha value is -2.74. The summed E-state index contributed by atoms with van der Waals surface area (Å²) in [5.41, 5.74) is 0.181. The first-order valence-corrected chi connectivity index (χ1v) is 8.52. The second-order valence-corrected chi connectivity index (χ2v) is 6.75. The topological polar surface area (TPSA) is 72.5 Å². The predicted molar refractivity (Wildman–Crippen MR) is 91.0 cm³/mol. The van der Waals surface area contributed by atoms with Crippen LogP contribution in [0.1, 0.15) is 16.8 Å². The van der Waals surface area contributed by atoms with Gasteiger partial charge in [-0.2, -0.15) is 0 Å². The maximum atomic E-state index is 13.5. The SMILES string of the molecule is O=C(C[C@H]1Sc2ccccc2NC1=O)OCC(=O)c1cc(F)ccc1F. The highest BCUT2D eigenvalue weighted by Gasteiger charge is 2.29. The van der Waals surface area contributed by atoms with Crippen LogP contribution in [0.25, 0.3) is 0 Å². The number of ketones is 1. The minimum absolute atomic E-state index is 0.246. The molecular formula is C18H13F2NO4S. The highest BCUT2D eigenvalue weighted by molar-refractivity contribution is 8.01. The van der Waals surface area contributed by atoms with Crippen LogP contribution in [0.4, 0.5) is 14.5 Å². The lowest BCUT2D eigenvalue weighted by Crippen LogP contribution is -2.31. The summed E-state index contributed by atoms with van der Waals surface area (Å²) < 4.78 is 31.5. The smallest absolute Gasteiger partial charge is 0.307 e. The van der Waals surface area contributed by atoms with Crippen LogP contribution in [0, 0.1) is 11.6 Å². The van der Waals surface area contributed by atoms with Gasteiger partial charge in [0.15, 0.2) is 6.61 Å². The fourth-order valence-electron chi connectivity index (χ4n) is 2.37. The van der Waals surface area contributed by atoms with Crippen LogP contribution < -0.4 is 5.32 Å². The van der Waals surface area contributed by atoms with Crippen molar-refractivity contribution in [2.24, 2.45) is 0 Å². The molecule has 1 heterocycles. The third-order valence-electron chi connectivity index (χ3n) is 3.65. The number of fused-ring (bicyclic) bond motifs is 1. The Labute approximate surface area is 151 Å². The molecule has 1 aliphatic heterocycles. The van der Waals surface area contributed by atoms with E-state index in [0.29, 0.717) is 5.69 Å². The van der Waals surface area contributed by atoms with E-state index < -0.39 is 40.8 Å². The fraction of sp³-hybridized carbons (Fsp3) is 0.167. The summed E-state index contributed by atoms with van der Waals surface area (Å²) in [6, 6.07) is 9.61. The zero-order chi connectivity index (χ0) is 18.7. The third kappa shape index (κ3) is 4.08. The van der Waals surface area contributed by atoms with E-state index in [9.17, 15) is 23.2 Å². The van der Waals surface area contributed by atoms with Gasteiger partial charge in [0.25, 0.3) is 0 Å². The molecule has 1 amide bonds. The van der Waals surface area contributed by atoms with Crippen LogP contribution in [0.2, 0.25) is 0 Å². The van der Waals surface area contributed by atoms with Crippen molar-refractivity contribution in [1.29, 1.82) is 0 Å². The number of thioether (sulfide) groups is 1. The standard InChI is InChI=1S/C18H13F2NO4S/c19-10-5-6-12(20)11(7-10)14(22)9-25-17(23)8-16-18(24)21-13-3-1-2-4-15(13)26-16/h1-7,16H,8-9H2,(H,21,24)/t16-/m1/s1. The Morgan fingerprint density at radius 2 is 1.92 bits per heavy atom. The van der Waals surface area contributed by atoms with Crippen molar-refractivity contribution in [3.63, 3.8) is 0 Å². The summed E-state index contributed by atoms with van der Waals surface area (Å²) in [6.07, 6.45) is -0.246. The molecule has 0 saturated carbocycles. The molecule has 0 aliphatic carbocycles. The van der Waals surface area contributed by atoms with Gasteiger partial charge in [0, 0.05) is 4.90 Å². The summed E-state index contributed by atoms with van der Waals surface area (Å²) in [4.78, 5) is 36.7. The molecule has 0 bridgehead atoms. The number of carbonyl (C=O) groups is 3. The molecule has 0 radical (unpaired) electrons. The van der Waals surface area contributed by atoms with E-state index in [0.717, 1.165) is 23.1 Å². The second kappa shape index (κ2) is 7.65. The highest BCUT2D eigenvalue weighted by Crippen LogP contribution is 2.36. The van der Waals surface area contributed by atoms with Gasteiger partial charge < -0.3 is 10.1 Å². The lowest BCUT2D eigenvalue weighted by Gasteiger charge is -2.23. The number of Topliss-reactive ketones (excluding diaryl/α,β-unsaturated/α-hetero) is 1. The van der Waals surface area contributed by atoms with Gasteiger partial charge in [-0.15, -0.1) is 11.8 Å². The second-order valence-electron chi connectivity index (χ2n) is 5.50. The van der Waals surface area contributed by atoms with Gasteiger partial charge >= 0.3 is 5.97 Å². The summed E-state index contributed by atoms with van der Waals surface area (Å²) in [7, 11) is 0. The molecule has 1 atom stereocenters. The van der Waals surface area contributed by atoms with Crippen LogP contribution >= 0.6 is 11.8 Å². The van der Waals surface area contributed by atoms with Crippen LogP contribution in [0.5, 0.6) is 0 Å². The maximum absolute atomic E-state index is 13.5. The number of hydrogen-bond acceptors (Lipinski definition) is 5. The Bertz CT molecular complexity index is 887.